The van der Waals surface area contributed by atoms with E-state index in [1.165, 1.54) is 26.1 Å². The van der Waals surface area contributed by atoms with Crippen LogP contribution in [0.15, 0.2) is 54.6 Å². The lowest BCUT2D eigenvalue weighted by Crippen LogP contribution is -2.52. The number of nitrogens with zero attached hydrogens (tertiary/aromatic N) is 2. The summed E-state index contributed by atoms with van der Waals surface area (Å²) in [5.74, 6) is 0.196. The minimum Gasteiger partial charge on any atom is -0.338 e. The molecule has 1 fully saturated rings. The number of carbonyl (C=O) groups is 1. The zero-order valence-corrected chi connectivity index (χ0v) is 17.2. The summed E-state index contributed by atoms with van der Waals surface area (Å²) in [5.41, 5.74) is 2.94. The molecule has 4 heteroatoms. The molecule has 1 saturated heterocycles. The van der Waals surface area contributed by atoms with Crippen molar-refractivity contribution in [3.63, 3.8) is 0 Å². The van der Waals surface area contributed by atoms with E-state index in [1.54, 1.807) is 6.92 Å². The van der Waals surface area contributed by atoms with Gasteiger partial charge < -0.3 is 4.90 Å². The standard InChI is InChI=1S/C24H26N2OS/c1-18(27)26-15-20-7-2-4-8-22(20)24(17-26)10-12-25(13-11-24)16-21-14-19-6-3-5-9-23(19)28-21/h2-9,14H,10-13,15-17H2,1H3. The summed E-state index contributed by atoms with van der Waals surface area (Å²) in [5, 5.41) is 1.36. The van der Waals surface area contributed by atoms with Gasteiger partial charge in [0.2, 0.25) is 5.91 Å². The first-order valence-corrected chi connectivity index (χ1v) is 11.0. The molecule has 2 aromatic carbocycles. The molecule has 1 amide bonds. The van der Waals surface area contributed by atoms with E-state index in [4.69, 9.17) is 0 Å². The average molecular weight is 391 g/mol. The Labute approximate surface area is 170 Å². The number of piperidine rings is 1. The maximum absolute atomic E-state index is 12.1. The van der Waals surface area contributed by atoms with Crippen LogP contribution < -0.4 is 0 Å². The SMILES string of the molecule is CC(=O)N1Cc2ccccc2C2(CCN(Cc3cc4ccccc4s3)CC2)C1. The highest BCUT2D eigenvalue weighted by molar-refractivity contribution is 7.19. The van der Waals surface area contributed by atoms with Gasteiger partial charge in [-0.1, -0.05) is 42.5 Å². The van der Waals surface area contributed by atoms with E-state index in [2.05, 4.69) is 59.5 Å². The van der Waals surface area contributed by atoms with Crippen molar-refractivity contribution >= 4 is 27.3 Å². The summed E-state index contributed by atoms with van der Waals surface area (Å²) in [4.78, 5) is 18.2. The van der Waals surface area contributed by atoms with Crippen LogP contribution >= 0.6 is 11.3 Å². The van der Waals surface area contributed by atoms with E-state index in [0.29, 0.717) is 0 Å². The van der Waals surface area contributed by atoms with Crippen LogP contribution in [0.3, 0.4) is 0 Å². The smallest absolute Gasteiger partial charge is 0.219 e. The maximum Gasteiger partial charge on any atom is 0.219 e. The molecule has 5 rings (SSSR count). The number of carbonyl (C=O) groups excluding carboxylic acids is 1. The third-order valence-electron chi connectivity index (χ3n) is 6.56. The first-order valence-electron chi connectivity index (χ1n) is 10.2. The fraction of sp³-hybridized carbons (Fsp3) is 0.375. The molecular formula is C24H26N2OS. The zero-order chi connectivity index (χ0) is 19.1. The lowest BCUT2D eigenvalue weighted by Gasteiger charge is -2.48. The van der Waals surface area contributed by atoms with E-state index in [0.717, 1.165) is 45.6 Å². The molecule has 1 spiro atoms. The van der Waals surface area contributed by atoms with Gasteiger partial charge in [0, 0.05) is 41.6 Å². The van der Waals surface area contributed by atoms with Gasteiger partial charge in [0.25, 0.3) is 0 Å². The fourth-order valence-electron chi connectivity index (χ4n) is 5.01. The van der Waals surface area contributed by atoms with Crippen LogP contribution in [0.5, 0.6) is 0 Å². The number of amides is 1. The molecule has 144 valence electrons. The van der Waals surface area contributed by atoms with Gasteiger partial charge in [-0.2, -0.15) is 0 Å². The molecule has 2 aliphatic heterocycles. The minimum atomic E-state index is 0.122. The molecule has 0 saturated carbocycles. The quantitative estimate of drug-likeness (QED) is 0.628. The molecule has 0 unspecified atom stereocenters. The number of thiophene rings is 1. The third kappa shape index (κ3) is 3.15. The number of hydrogen-bond acceptors (Lipinski definition) is 3. The van der Waals surface area contributed by atoms with Crippen molar-refractivity contribution in [3.8, 4) is 0 Å². The van der Waals surface area contributed by atoms with Crippen molar-refractivity contribution in [1.29, 1.82) is 0 Å². The minimum absolute atomic E-state index is 0.122. The fourth-order valence-corrected chi connectivity index (χ4v) is 6.12. The molecule has 3 aromatic rings. The van der Waals surface area contributed by atoms with Crippen LogP contribution in [0.4, 0.5) is 0 Å². The van der Waals surface area contributed by atoms with E-state index in [1.807, 2.05) is 16.2 Å². The van der Waals surface area contributed by atoms with Crippen molar-refractivity contribution in [3.05, 3.63) is 70.6 Å². The monoisotopic (exact) mass is 390 g/mol. The maximum atomic E-state index is 12.1. The lowest BCUT2D eigenvalue weighted by molar-refractivity contribution is -0.131. The molecule has 0 bridgehead atoms. The van der Waals surface area contributed by atoms with Gasteiger partial charge in [-0.15, -0.1) is 11.3 Å². The first-order chi connectivity index (χ1) is 13.6. The molecule has 0 radical (unpaired) electrons. The Kier molecular flexibility index (Phi) is 4.48. The summed E-state index contributed by atoms with van der Waals surface area (Å²) in [7, 11) is 0. The molecule has 28 heavy (non-hydrogen) atoms. The molecular weight excluding hydrogens is 364 g/mol. The van der Waals surface area contributed by atoms with Crippen LogP contribution in [-0.4, -0.2) is 35.3 Å². The zero-order valence-electron chi connectivity index (χ0n) is 16.4. The molecule has 2 aliphatic rings. The predicted octanol–water partition coefficient (Wildman–Crippen LogP) is 4.80. The summed E-state index contributed by atoms with van der Waals surface area (Å²) >= 11 is 1.92. The topological polar surface area (TPSA) is 23.6 Å². The Hall–Kier alpha value is -2.17. The Morgan fingerprint density at radius 2 is 1.82 bits per heavy atom. The predicted molar refractivity (Wildman–Crippen MR) is 116 cm³/mol. The van der Waals surface area contributed by atoms with Crippen molar-refractivity contribution in [2.75, 3.05) is 19.6 Å². The van der Waals surface area contributed by atoms with Gasteiger partial charge in [-0.05, 0) is 54.6 Å². The van der Waals surface area contributed by atoms with Gasteiger partial charge in [0.05, 0.1) is 0 Å². The molecule has 3 heterocycles. The Bertz CT molecular complexity index is 983. The van der Waals surface area contributed by atoms with E-state index in [9.17, 15) is 4.79 Å². The summed E-state index contributed by atoms with van der Waals surface area (Å²) in [6, 6.07) is 19.8. The van der Waals surface area contributed by atoms with Gasteiger partial charge >= 0.3 is 0 Å². The van der Waals surface area contributed by atoms with Crippen molar-refractivity contribution < 1.29 is 4.79 Å². The number of likely N-dealkylation sites (tertiary alicyclic amines) is 1. The highest BCUT2D eigenvalue weighted by atomic mass is 32.1. The van der Waals surface area contributed by atoms with Gasteiger partial charge in [-0.3, -0.25) is 9.69 Å². The second kappa shape index (κ2) is 7.02. The van der Waals surface area contributed by atoms with Crippen molar-refractivity contribution in [2.45, 2.75) is 38.3 Å². The lowest BCUT2D eigenvalue weighted by atomic mass is 9.69. The second-order valence-electron chi connectivity index (χ2n) is 8.34. The van der Waals surface area contributed by atoms with E-state index < -0.39 is 0 Å². The van der Waals surface area contributed by atoms with Crippen LogP contribution in [0.1, 0.15) is 35.8 Å². The van der Waals surface area contributed by atoms with Crippen LogP contribution in [0.25, 0.3) is 10.1 Å². The largest absolute Gasteiger partial charge is 0.338 e. The first kappa shape index (κ1) is 17.9. The molecule has 0 N–H and O–H groups in total. The summed E-state index contributed by atoms with van der Waals surface area (Å²) in [6.45, 7) is 6.56. The van der Waals surface area contributed by atoms with Crippen LogP contribution in [0.2, 0.25) is 0 Å². The Balaban J connectivity index is 1.34. The molecule has 0 aliphatic carbocycles. The van der Waals surface area contributed by atoms with Gasteiger partial charge in [0.15, 0.2) is 0 Å². The van der Waals surface area contributed by atoms with Gasteiger partial charge in [0.1, 0.15) is 0 Å². The Morgan fingerprint density at radius 1 is 1.07 bits per heavy atom. The molecule has 3 nitrogen and oxygen atoms in total. The third-order valence-corrected chi connectivity index (χ3v) is 7.66. The van der Waals surface area contributed by atoms with Gasteiger partial charge in [-0.25, -0.2) is 0 Å². The average Bonchev–Trinajstić information content (AvgIpc) is 3.12. The Morgan fingerprint density at radius 3 is 2.61 bits per heavy atom. The summed E-state index contributed by atoms with van der Waals surface area (Å²) in [6.07, 6.45) is 2.25. The number of hydrogen-bond donors (Lipinski definition) is 0. The number of rotatable bonds is 2. The second-order valence-corrected chi connectivity index (χ2v) is 9.51. The number of benzene rings is 2. The summed E-state index contributed by atoms with van der Waals surface area (Å²) < 4.78 is 1.38. The molecule has 0 atom stereocenters. The van der Waals surface area contributed by atoms with Crippen LogP contribution in [0, 0.1) is 0 Å². The van der Waals surface area contributed by atoms with E-state index >= 15 is 0 Å². The molecule has 1 aromatic heterocycles. The highest BCUT2D eigenvalue weighted by Gasteiger charge is 2.42. The van der Waals surface area contributed by atoms with E-state index in [-0.39, 0.29) is 11.3 Å². The van der Waals surface area contributed by atoms with Crippen molar-refractivity contribution in [2.24, 2.45) is 0 Å². The van der Waals surface area contributed by atoms with Crippen LogP contribution in [-0.2, 0) is 23.3 Å². The normalized spacial score (nSPS) is 19.1. The highest BCUT2D eigenvalue weighted by Crippen LogP contribution is 2.42. The van der Waals surface area contributed by atoms with Crippen molar-refractivity contribution in [1.82, 2.24) is 9.80 Å². The number of fused-ring (bicyclic) bond motifs is 3.